The number of carbonyl (C=O) groups is 2. The smallest absolute Gasteiger partial charge is 0.232 e. The predicted octanol–water partition coefficient (Wildman–Crippen LogP) is 2.47. The van der Waals surface area contributed by atoms with E-state index in [2.05, 4.69) is 5.32 Å². The van der Waals surface area contributed by atoms with Gasteiger partial charge in [-0.15, -0.1) is 0 Å². The minimum atomic E-state index is -0.292. The van der Waals surface area contributed by atoms with Crippen molar-refractivity contribution in [3.63, 3.8) is 0 Å². The highest BCUT2D eigenvalue weighted by atomic mass is 16.7. The van der Waals surface area contributed by atoms with Crippen molar-refractivity contribution < 1.29 is 19.1 Å². The van der Waals surface area contributed by atoms with E-state index in [1.807, 2.05) is 55.5 Å². The van der Waals surface area contributed by atoms with E-state index in [1.165, 1.54) is 0 Å². The summed E-state index contributed by atoms with van der Waals surface area (Å²) in [5.74, 6) is 0.904. The third-order valence-electron chi connectivity index (χ3n) is 4.19. The number of nitrogens with zero attached hydrogens (tertiary/aromatic N) is 1. The van der Waals surface area contributed by atoms with Gasteiger partial charge in [-0.2, -0.15) is 0 Å². The Bertz CT molecular complexity index is 777. The van der Waals surface area contributed by atoms with Crippen molar-refractivity contribution in [1.29, 1.82) is 0 Å². The molecule has 2 amide bonds. The number of fused-ring (bicyclic) bond motifs is 1. The zero-order valence-corrected chi connectivity index (χ0v) is 14.7. The SMILES string of the molecule is CCN(Cc1ccccc1)C(=O)CC(=O)NCc1ccc2c(c1)OCO2. The summed E-state index contributed by atoms with van der Waals surface area (Å²) in [7, 11) is 0. The topological polar surface area (TPSA) is 67.9 Å². The number of ether oxygens (including phenoxy) is 2. The number of carbonyl (C=O) groups excluding carboxylic acids is 2. The second-order valence-corrected chi connectivity index (χ2v) is 6.03. The van der Waals surface area contributed by atoms with Crippen molar-refractivity contribution in [3.8, 4) is 11.5 Å². The second-order valence-electron chi connectivity index (χ2n) is 6.03. The standard InChI is InChI=1S/C20H22N2O4/c1-2-22(13-15-6-4-3-5-7-15)20(24)11-19(23)21-12-16-8-9-17-18(10-16)26-14-25-17/h3-10H,2,11-14H2,1H3,(H,21,23). The van der Waals surface area contributed by atoms with Crippen LogP contribution in [0.4, 0.5) is 0 Å². The quantitative estimate of drug-likeness (QED) is 0.776. The molecule has 6 heteroatoms. The zero-order valence-electron chi connectivity index (χ0n) is 14.7. The Hall–Kier alpha value is -3.02. The first-order valence-corrected chi connectivity index (χ1v) is 8.62. The summed E-state index contributed by atoms with van der Waals surface area (Å²) in [6, 6.07) is 15.3. The van der Waals surface area contributed by atoms with E-state index in [0.29, 0.717) is 31.1 Å². The lowest BCUT2D eigenvalue weighted by Gasteiger charge is -2.20. The molecule has 1 aliphatic rings. The average molecular weight is 354 g/mol. The monoisotopic (exact) mass is 354 g/mol. The molecule has 0 spiro atoms. The van der Waals surface area contributed by atoms with Gasteiger partial charge in [0.15, 0.2) is 11.5 Å². The van der Waals surface area contributed by atoms with Crippen LogP contribution in [-0.4, -0.2) is 30.1 Å². The molecule has 0 aliphatic carbocycles. The Kier molecular flexibility index (Phi) is 5.73. The maximum Gasteiger partial charge on any atom is 0.232 e. The van der Waals surface area contributed by atoms with Crippen molar-refractivity contribution in [1.82, 2.24) is 10.2 Å². The third-order valence-corrected chi connectivity index (χ3v) is 4.19. The van der Waals surface area contributed by atoms with Gasteiger partial charge in [0.05, 0.1) is 0 Å². The minimum absolute atomic E-state index is 0.161. The number of rotatable bonds is 7. The largest absolute Gasteiger partial charge is 0.454 e. The molecule has 1 aliphatic heterocycles. The molecule has 1 heterocycles. The van der Waals surface area contributed by atoms with Gasteiger partial charge in [0.1, 0.15) is 6.42 Å². The van der Waals surface area contributed by atoms with Crippen LogP contribution in [0.5, 0.6) is 11.5 Å². The Labute approximate surface area is 152 Å². The van der Waals surface area contributed by atoms with Crippen molar-refractivity contribution in [2.45, 2.75) is 26.4 Å². The van der Waals surface area contributed by atoms with E-state index >= 15 is 0 Å². The van der Waals surface area contributed by atoms with Gasteiger partial charge in [-0.05, 0) is 30.2 Å². The highest BCUT2D eigenvalue weighted by Crippen LogP contribution is 2.32. The first-order valence-electron chi connectivity index (χ1n) is 8.62. The van der Waals surface area contributed by atoms with Gasteiger partial charge in [0.2, 0.25) is 18.6 Å². The summed E-state index contributed by atoms with van der Waals surface area (Å²) >= 11 is 0. The Morgan fingerprint density at radius 2 is 1.81 bits per heavy atom. The van der Waals surface area contributed by atoms with Gasteiger partial charge in [-0.1, -0.05) is 36.4 Å². The fourth-order valence-corrected chi connectivity index (χ4v) is 2.74. The van der Waals surface area contributed by atoms with Gasteiger partial charge < -0.3 is 19.7 Å². The Morgan fingerprint density at radius 1 is 1.04 bits per heavy atom. The van der Waals surface area contributed by atoms with Crippen LogP contribution in [0.15, 0.2) is 48.5 Å². The maximum absolute atomic E-state index is 12.4. The van der Waals surface area contributed by atoms with Crippen LogP contribution in [0.25, 0.3) is 0 Å². The first kappa shape index (κ1) is 17.8. The van der Waals surface area contributed by atoms with E-state index in [9.17, 15) is 9.59 Å². The lowest BCUT2D eigenvalue weighted by atomic mass is 10.2. The van der Waals surface area contributed by atoms with Crippen LogP contribution >= 0.6 is 0 Å². The van der Waals surface area contributed by atoms with Crippen molar-refractivity contribution in [3.05, 3.63) is 59.7 Å². The summed E-state index contributed by atoms with van der Waals surface area (Å²) in [5.41, 5.74) is 1.94. The molecule has 0 atom stereocenters. The molecule has 0 unspecified atom stereocenters. The van der Waals surface area contributed by atoms with Crippen LogP contribution in [0, 0.1) is 0 Å². The van der Waals surface area contributed by atoms with Crippen LogP contribution in [0.3, 0.4) is 0 Å². The molecule has 3 rings (SSSR count). The first-order chi connectivity index (χ1) is 12.7. The number of nitrogens with one attached hydrogen (secondary N) is 1. The molecule has 6 nitrogen and oxygen atoms in total. The van der Waals surface area contributed by atoms with E-state index in [-0.39, 0.29) is 25.0 Å². The molecular weight excluding hydrogens is 332 g/mol. The predicted molar refractivity (Wildman–Crippen MR) is 96.6 cm³/mol. The number of benzene rings is 2. The van der Waals surface area contributed by atoms with Crippen LogP contribution in [0.2, 0.25) is 0 Å². The van der Waals surface area contributed by atoms with E-state index < -0.39 is 0 Å². The zero-order chi connectivity index (χ0) is 18.4. The fraction of sp³-hybridized carbons (Fsp3) is 0.300. The number of hydrogen-bond acceptors (Lipinski definition) is 4. The molecule has 0 bridgehead atoms. The third kappa shape index (κ3) is 4.53. The van der Waals surface area contributed by atoms with Crippen molar-refractivity contribution in [2.24, 2.45) is 0 Å². The molecule has 0 radical (unpaired) electrons. The summed E-state index contributed by atoms with van der Waals surface area (Å²) in [6.45, 7) is 3.53. The molecule has 1 N–H and O–H groups in total. The summed E-state index contributed by atoms with van der Waals surface area (Å²) in [4.78, 5) is 26.2. The molecule has 0 aromatic heterocycles. The molecule has 0 fully saturated rings. The summed E-state index contributed by atoms with van der Waals surface area (Å²) < 4.78 is 10.6. The molecular formula is C20H22N2O4. The van der Waals surface area contributed by atoms with Gasteiger partial charge in [0, 0.05) is 19.6 Å². The molecule has 0 saturated heterocycles. The van der Waals surface area contributed by atoms with Crippen LogP contribution < -0.4 is 14.8 Å². The molecule has 136 valence electrons. The highest BCUT2D eigenvalue weighted by Gasteiger charge is 2.17. The molecule has 2 aromatic rings. The minimum Gasteiger partial charge on any atom is -0.454 e. The number of amides is 2. The van der Waals surface area contributed by atoms with Gasteiger partial charge in [-0.25, -0.2) is 0 Å². The lowest BCUT2D eigenvalue weighted by molar-refractivity contribution is -0.136. The van der Waals surface area contributed by atoms with E-state index in [1.54, 1.807) is 4.90 Å². The average Bonchev–Trinajstić information content (AvgIpc) is 3.13. The van der Waals surface area contributed by atoms with E-state index in [0.717, 1.165) is 11.1 Å². The second kappa shape index (κ2) is 8.38. The lowest BCUT2D eigenvalue weighted by Crippen LogP contribution is -2.35. The molecule has 26 heavy (non-hydrogen) atoms. The van der Waals surface area contributed by atoms with Crippen LogP contribution in [-0.2, 0) is 22.7 Å². The summed E-state index contributed by atoms with van der Waals surface area (Å²) in [5, 5.41) is 2.78. The number of hydrogen-bond donors (Lipinski definition) is 1. The van der Waals surface area contributed by atoms with Gasteiger partial charge in [-0.3, -0.25) is 9.59 Å². The van der Waals surface area contributed by atoms with Gasteiger partial charge in [0.25, 0.3) is 0 Å². The Morgan fingerprint density at radius 3 is 2.58 bits per heavy atom. The Balaban J connectivity index is 1.49. The molecule has 2 aromatic carbocycles. The van der Waals surface area contributed by atoms with E-state index in [4.69, 9.17) is 9.47 Å². The van der Waals surface area contributed by atoms with Crippen molar-refractivity contribution in [2.75, 3.05) is 13.3 Å². The van der Waals surface area contributed by atoms with Gasteiger partial charge >= 0.3 is 0 Å². The molecule has 0 saturated carbocycles. The van der Waals surface area contributed by atoms with Crippen LogP contribution in [0.1, 0.15) is 24.5 Å². The fourth-order valence-electron chi connectivity index (χ4n) is 2.74. The highest BCUT2D eigenvalue weighted by molar-refractivity contribution is 5.96. The normalized spacial score (nSPS) is 11.9. The summed E-state index contributed by atoms with van der Waals surface area (Å²) in [6.07, 6.45) is -0.161. The maximum atomic E-state index is 12.4. The van der Waals surface area contributed by atoms with Crippen molar-refractivity contribution >= 4 is 11.8 Å².